The summed E-state index contributed by atoms with van der Waals surface area (Å²) in [5.41, 5.74) is 0. The van der Waals surface area contributed by atoms with Gasteiger partial charge in [-0.15, -0.1) is 0 Å². The predicted octanol–water partition coefficient (Wildman–Crippen LogP) is 2.24. The van der Waals surface area contributed by atoms with Crippen molar-refractivity contribution in [2.24, 2.45) is 11.8 Å². The van der Waals surface area contributed by atoms with Crippen molar-refractivity contribution in [3.05, 3.63) is 0 Å². The van der Waals surface area contributed by atoms with E-state index in [1.54, 1.807) is 0 Å². The van der Waals surface area contributed by atoms with Crippen LogP contribution in [0.2, 0.25) is 0 Å². The second-order valence-corrected chi connectivity index (χ2v) is 3.65. The molecule has 0 radical (unpaired) electrons. The van der Waals surface area contributed by atoms with E-state index in [2.05, 4.69) is 0 Å². The van der Waals surface area contributed by atoms with Gasteiger partial charge in [-0.3, -0.25) is 4.79 Å². The molecule has 0 bridgehead atoms. The summed E-state index contributed by atoms with van der Waals surface area (Å²) >= 11 is 0. The van der Waals surface area contributed by atoms with Crippen molar-refractivity contribution in [1.82, 2.24) is 0 Å². The second kappa shape index (κ2) is 3.87. The highest BCUT2D eigenvalue weighted by Gasteiger charge is 2.33. The third kappa shape index (κ3) is 2.19. The predicted molar refractivity (Wildman–Crippen MR) is 43.7 cm³/mol. The molecule has 12 heavy (non-hydrogen) atoms. The number of aliphatic carboxylic acids is 1. The van der Waals surface area contributed by atoms with Gasteiger partial charge in [-0.05, 0) is 32.1 Å². The first-order valence-electron chi connectivity index (χ1n) is 4.48. The second-order valence-electron chi connectivity index (χ2n) is 3.65. The van der Waals surface area contributed by atoms with E-state index in [0.717, 1.165) is 19.3 Å². The summed E-state index contributed by atoms with van der Waals surface area (Å²) < 4.78 is 12.6. The maximum absolute atomic E-state index is 12.6. The van der Waals surface area contributed by atoms with Gasteiger partial charge in [0.1, 0.15) is 0 Å². The molecule has 0 aromatic rings. The number of carboxylic acids is 1. The largest absolute Gasteiger partial charge is 0.481 e. The molecule has 70 valence electrons. The molecule has 0 spiro atoms. The quantitative estimate of drug-likeness (QED) is 0.712. The Morgan fingerprint density at radius 3 is 2.83 bits per heavy atom. The van der Waals surface area contributed by atoms with Crippen molar-refractivity contribution in [3.63, 3.8) is 0 Å². The van der Waals surface area contributed by atoms with E-state index < -0.39 is 12.1 Å². The van der Waals surface area contributed by atoms with E-state index in [0.29, 0.717) is 6.42 Å². The standard InChI is InChI=1S/C9H15FO2/c1-6(10)5-7-3-2-4-8(7)9(11)12/h6-8H,2-5H2,1H3,(H,11,12). The molecule has 1 aliphatic rings. The average Bonchev–Trinajstić information content (AvgIpc) is 2.33. The van der Waals surface area contributed by atoms with E-state index in [1.807, 2.05) is 0 Å². The van der Waals surface area contributed by atoms with Crippen molar-refractivity contribution < 1.29 is 14.3 Å². The van der Waals surface area contributed by atoms with E-state index >= 15 is 0 Å². The Bertz CT molecular complexity index is 168. The van der Waals surface area contributed by atoms with Gasteiger partial charge < -0.3 is 5.11 Å². The van der Waals surface area contributed by atoms with Gasteiger partial charge in [-0.25, -0.2) is 4.39 Å². The molecule has 0 aromatic heterocycles. The van der Waals surface area contributed by atoms with Crippen molar-refractivity contribution in [2.75, 3.05) is 0 Å². The van der Waals surface area contributed by atoms with Crippen molar-refractivity contribution in [2.45, 2.75) is 38.8 Å². The molecule has 1 N–H and O–H groups in total. The Labute approximate surface area is 71.8 Å². The molecule has 0 amide bonds. The van der Waals surface area contributed by atoms with E-state index in [4.69, 9.17) is 5.11 Å². The van der Waals surface area contributed by atoms with Gasteiger partial charge in [0.05, 0.1) is 12.1 Å². The Balaban J connectivity index is 2.46. The van der Waals surface area contributed by atoms with Crippen LogP contribution < -0.4 is 0 Å². The Hall–Kier alpha value is -0.600. The third-order valence-corrected chi connectivity index (χ3v) is 2.60. The van der Waals surface area contributed by atoms with E-state index in [-0.39, 0.29) is 11.8 Å². The maximum Gasteiger partial charge on any atom is 0.306 e. The first-order valence-corrected chi connectivity index (χ1v) is 4.48. The fourth-order valence-corrected chi connectivity index (χ4v) is 2.06. The molecular formula is C9H15FO2. The molecule has 0 saturated heterocycles. The average molecular weight is 174 g/mol. The summed E-state index contributed by atoms with van der Waals surface area (Å²) in [5, 5.41) is 8.77. The van der Waals surface area contributed by atoms with Crippen LogP contribution in [0.4, 0.5) is 4.39 Å². The van der Waals surface area contributed by atoms with Gasteiger partial charge in [-0.1, -0.05) is 6.42 Å². The summed E-state index contributed by atoms with van der Waals surface area (Å²) in [6, 6.07) is 0. The van der Waals surface area contributed by atoms with Gasteiger partial charge in [0.2, 0.25) is 0 Å². The van der Waals surface area contributed by atoms with Gasteiger partial charge in [0.25, 0.3) is 0 Å². The van der Waals surface area contributed by atoms with E-state index in [9.17, 15) is 9.18 Å². The lowest BCUT2D eigenvalue weighted by molar-refractivity contribution is -0.143. The van der Waals surface area contributed by atoms with Crippen LogP contribution in [0, 0.1) is 11.8 Å². The lowest BCUT2D eigenvalue weighted by Crippen LogP contribution is -2.20. The Morgan fingerprint density at radius 2 is 2.33 bits per heavy atom. The summed E-state index contributed by atoms with van der Waals surface area (Å²) in [5.74, 6) is -0.969. The molecule has 2 nitrogen and oxygen atoms in total. The topological polar surface area (TPSA) is 37.3 Å². The molecule has 1 rings (SSSR count). The number of hydrogen-bond acceptors (Lipinski definition) is 1. The zero-order valence-electron chi connectivity index (χ0n) is 7.29. The SMILES string of the molecule is CC(F)CC1CCCC1C(=O)O. The zero-order valence-corrected chi connectivity index (χ0v) is 7.29. The van der Waals surface area contributed by atoms with Crippen LogP contribution in [0.25, 0.3) is 0 Å². The summed E-state index contributed by atoms with van der Waals surface area (Å²) in [4.78, 5) is 10.7. The number of rotatable bonds is 3. The molecule has 1 saturated carbocycles. The van der Waals surface area contributed by atoms with Crippen LogP contribution >= 0.6 is 0 Å². The number of halogens is 1. The van der Waals surface area contributed by atoms with Crippen molar-refractivity contribution >= 4 is 5.97 Å². The lowest BCUT2D eigenvalue weighted by atomic mass is 9.91. The monoisotopic (exact) mass is 174 g/mol. The van der Waals surface area contributed by atoms with Crippen LogP contribution in [0.3, 0.4) is 0 Å². The first-order chi connectivity index (χ1) is 5.61. The van der Waals surface area contributed by atoms with Crippen molar-refractivity contribution in [3.8, 4) is 0 Å². The minimum absolute atomic E-state index is 0.0718. The fourth-order valence-electron chi connectivity index (χ4n) is 2.06. The highest BCUT2D eigenvalue weighted by Crippen LogP contribution is 2.35. The highest BCUT2D eigenvalue weighted by molar-refractivity contribution is 5.70. The minimum atomic E-state index is -0.866. The molecule has 1 fully saturated rings. The molecule has 0 aromatic carbocycles. The zero-order chi connectivity index (χ0) is 9.14. The van der Waals surface area contributed by atoms with Crippen LogP contribution in [0.5, 0.6) is 0 Å². The normalized spacial score (nSPS) is 31.8. The molecule has 3 atom stereocenters. The fraction of sp³-hybridized carbons (Fsp3) is 0.889. The van der Waals surface area contributed by atoms with Crippen LogP contribution in [-0.4, -0.2) is 17.2 Å². The minimum Gasteiger partial charge on any atom is -0.481 e. The van der Waals surface area contributed by atoms with Gasteiger partial charge in [0.15, 0.2) is 0 Å². The van der Waals surface area contributed by atoms with Crippen LogP contribution in [0.1, 0.15) is 32.6 Å². The molecular weight excluding hydrogens is 159 g/mol. The summed E-state index contributed by atoms with van der Waals surface area (Å²) in [7, 11) is 0. The Kier molecular flexibility index (Phi) is 3.06. The smallest absolute Gasteiger partial charge is 0.306 e. The first kappa shape index (κ1) is 9.49. The molecule has 1 aliphatic carbocycles. The van der Waals surface area contributed by atoms with Crippen LogP contribution in [0.15, 0.2) is 0 Å². The number of carboxylic acid groups (broad SMARTS) is 1. The lowest BCUT2D eigenvalue weighted by Gasteiger charge is -2.15. The number of hydrogen-bond donors (Lipinski definition) is 1. The number of alkyl halides is 1. The van der Waals surface area contributed by atoms with Crippen molar-refractivity contribution in [1.29, 1.82) is 0 Å². The Morgan fingerprint density at radius 1 is 1.67 bits per heavy atom. The number of carbonyl (C=O) groups is 1. The van der Waals surface area contributed by atoms with Crippen LogP contribution in [-0.2, 0) is 4.79 Å². The van der Waals surface area contributed by atoms with E-state index in [1.165, 1.54) is 6.92 Å². The van der Waals surface area contributed by atoms with Gasteiger partial charge in [-0.2, -0.15) is 0 Å². The van der Waals surface area contributed by atoms with Gasteiger partial charge >= 0.3 is 5.97 Å². The summed E-state index contributed by atoms with van der Waals surface area (Å²) in [6.45, 7) is 1.50. The molecule has 3 unspecified atom stereocenters. The molecule has 0 aliphatic heterocycles. The van der Waals surface area contributed by atoms with Gasteiger partial charge in [0, 0.05) is 0 Å². The summed E-state index contributed by atoms with van der Waals surface area (Å²) in [6.07, 6.45) is 2.10. The molecule has 3 heteroatoms. The third-order valence-electron chi connectivity index (χ3n) is 2.60. The highest BCUT2D eigenvalue weighted by atomic mass is 19.1. The molecule has 0 heterocycles. The maximum atomic E-state index is 12.6.